The largest absolute Gasteiger partial charge is 0.486 e. The van der Waals surface area contributed by atoms with E-state index in [9.17, 15) is 9.18 Å². The Labute approximate surface area is 219 Å². The smallest absolute Gasteiger partial charge is 0.252 e. The summed E-state index contributed by atoms with van der Waals surface area (Å²) in [6, 6.07) is 12.4. The fraction of sp³-hybridized carbons (Fsp3) is 0.429. The third kappa shape index (κ3) is 4.88. The Morgan fingerprint density at radius 1 is 1.11 bits per heavy atom. The summed E-state index contributed by atoms with van der Waals surface area (Å²) in [6.45, 7) is 4.05. The van der Waals surface area contributed by atoms with Gasteiger partial charge in [-0.25, -0.2) is 9.07 Å². The van der Waals surface area contributed by atoms with E-state index >= 15 is 0 Å². The molecule has 0 radical (unpaired) electrons. The van der Waals surface area contributed by atoms with Gasteiger partial charge in [0, 0.05) is 29.6 Å². The van der Waals surface area contributed by atoms with E-state index in [1.807, 2.05) is 18.2 Å². The van der Waals surface area contributed by atoms with Gasteiger partial charge in [0.15, 0.2) is 17.3 Å². The Bertz CT molecular complexity index is 1480. The van der Waals surface area contributed by atoms with Crippen molar-refractivity contribution in [3.8, 4) is 11.5 Å². The van der Waals surface area contributed by atoms with Gasteiger partial charge in [-0.1, -0.05) is 31.9 Å². The van der Waals surface area contributed by atoms with Gasteiger partial charge in [0.25, 0.3) is 5.56 Å². The second kappa shape index (κ2) is 10.5. The SMILES string of the molecule is CC[C@@H](c1nnnn1Cc1ccc(F)cc1)N(Cc1cc2cc3c(cc2[nH]c1=O)OCCO3)C1CCCC1. The highest BCUT2D eigenvalue weighted by Crippen LogP contribution is 2.36. The van der Waals surface area contributed by atoms with Gasteiger partial charge in [-0.2, -0.15) is 0 Å². The highest BCUT2D eigenvalue weighted by Gasteiger charge is 2.32. The predicted octanol–water partition coefficient (Wildman–Crippen LogP) is 4.37. The monoisotopic (exact) mass is 518 g/mol. The number of pyridine rings is 1. The number of tetrazole rings is 1. The van der Waals surface area contributed by atoms with Crippen LogP contribution < -0.4 is 15.0 Å². The fourth-order valence-corrected chi connectivity index (χ4v) is 5.72. The van der Waals surface area contributed by atoms with Gasteiger partial charge in [0.2, 0.25) is 0 Å². The van der Waals surface area contributed by atoms with Crippen molar-refractivity contribution in [3.05, 3.63) is 75.6 Å². The first-order chi connectivity index (χ1) is 18.6. The Balaban J connectivity index is 1.34. The number of nitrogens with zero attached hydrogens (tertiary/aromatic N) is 5. The average Bonchev–Trinajstić information content (AvgIpc) is 3.62. The molecule has 1 saturated carbocycles. The van der Waals surface area contributed by atoms with Crippen molar-refractivity contribution < 1.29 is 13.9 Å². The van der Waals surface area contributed by atoms with Gasteiger partial charge in [0.1, 0.15) is 19.0 Å². The zero-order chi connectivity index (χ0) is 26.1. The molecule has 1 aliphatic carbocycles. The zero-order valence-electron chi connectivity index (χ0n) is 21.4. The molecular weight excluding hydrogens is 487 g/mol. The average molecular weight is 519 g/mol. The molecular formula is C28H31FN6O3. The molecule has 1 aliphatic heterocycles. The van der Waals surface area contributed by atoms with E-state index in [-0.39, 0.29) is 17.4 Å². The van der Waals surface area contributed by atoms with Crippen LogP contribution in [0.25, 0.3) is 10.9 Å². The number of aromatic nitrogens is 5. The van der Waals surface area contributed by atoms with E-state index in [0.29, 0.717) is 49.4 Å². The number of hydrogen-bond acceptors (Lipinski definition) is 7. The van der Waals surface area contributed by atoms with Gasteiger partial charge < -0.3 is 14.5 Å². The molecule has 9 nitrogen and oxygen atoms in total. The van der Waals surface area contributed by atoms with Crippen molar-refractivity contribution in [1.82, 2.24) is 30.1 Å². The van der Waals surface area contributed by atoms with Gasteiger partial charge in [0.05, 0.1) is 18.1 Å². The van der Waals surface area contributed by atoms with Crippen LogP contribution >= 0.6 is 0 Å². The van der Waals surface area contributed by atoms with Crippen LogP contribution in [-0.2, 0) is 13.1 Å². The number of nitrogens with one attached hydrogen (secondary N) is 1. The second-order valence-corrected chi connectivity index (χ2v) is 10.1. The first-order valence-electron chi connectivity index (χ1n) is 13.3. The Morgan fingerprint density at radius 2 is 1.84 bits per heavy atom. The summed E-state index contributed by atoms with van der Waals surface area (Å²) in [6.07, 6.45) is 5.25. The maximum Gasteiger partial charge on any atom is 0.252 e. The molecule has 2 aromatic heterocycles. The number of rotatable bonds is 8. The molecule has 0 bridgehead atoms. The van der Waals surface area contributed by atoms with E-state index in [1.165, 1.54) is 12.1 Å². The zero-order valence-corrected chi connectivity index (χ0v) is 21.4. The van der Waals surface area contributed by atoms with Crippen LogP contribution in [0.2, 0.25) is 0 Å². The number of H-pyrrole nitrogens is 1. The molecule has 1 fully saturated rings. The molecule has 3 heterocycles. The summed E-state index contributed by atoms with van der Waals surface area (Å²) >= 11 is 0. The normalized spacial score (nSPS) is 16.4. The molecule has 0 unspecified atom stereocenters. The molecule has 198 valence electrons. The van der Waals surface area contributed by atoms with E-state index < -0.39 is 0 Å². The van der Waals surface area contributed by atoms with Crippen LogP contribution in [0.5, 0.6) is 11.5 Å². The molecule has 6 rings (SSSR count). The summed E-state index contributed by atoms with van der Waals surface area (Å²) in [5.74, 6) is 1.82. The lowest BCUT2D eigenvalue weighted by Gasteiger charge is -2.35. The summed E-state index contributed by atoms with van der Waals surface area (Å²) in [4.78, 5) is 18.7. The summed E-state index contributed by atoms with van der Waals surface area (Å²) in [7, 11) is 0. The molecule has 10 heteroatoms. The lowest BCUT2D eigenvalue weighted by Crippen LogP contribution is -2.39. The van der Waals surface area contributed by atoms with Crippen molar-refractivity contribution in [1.29, 1.82) is 0 Å². The van der Waals surface area contributed by atoms with Gasteiger partial charge in [-0.3, -0.25) is 9.69 Å². The number of aromatic amines is 1. The van der Waals surface area contributed by atoms with E-state index in [0.717, 1.165) is 54.4 Å². The van der Waals surface area contributed by atoms with Crippen molar-refractivity contribution >= 4 is 10.9 Å². The molecule has 2 aromatic carbocycles. The molecule has 4 aromatic rings. The minimum absolute atomic E-state index is 0.0797. The van der Waals surface area contributed by atoms with Crippen LogP contribution in [0.3, 0.4) is 0 Å². The fourth-order valence-electron chi connectivity index (χ4n) is 5.72. The molecule has 38 heavy (non-hydrogen) atoms. The minimum Gasteiger partial charge on any atom is -0.486 e. The lowest BCUT2D eigenvalue weighted by atomic mass is 10.0. The van der Waals surface area contributed by atoms with Crippen LogP contribution in [0, 0.1) is 5.82 Å². The number of halogens is 1. The van der Waals surface area contributed by atoms with Crippen molar-refractivity contribution in [2.75, 3.05) is 13.2 Å². The predicted molar refractivity (Wildman–Crippen MR) is 140 cm³/mol. The first-order valence-corrected chi connectivity index (χ1v) is 13.3. The number of ether oxygens (including phenoxy) is 2. The number of benzene rings is 2. The quantitative estimate of drug-likeness (QED) is 0.370. The topological polar surface area (TPSA) is 98.2 Å². The van der Waals surface area contributed by atoms with Crippen molar-refractivity contribution in [3.63, 3.8) is 0 Å². The highest BCUT2D eigenvalue weighted by atomic mass is 19.1. The maximum atomic E-state index is 13.4. The Kier molecular flexibility index (Phi) is 6.80. The highest BCUT2D eigenvalue weighted by molar-refractivity contribution is 5.83. The molecule has 1 N–H and O–H groups in total. The molecule has 0 amide bonds. The van der Waals surface area contributed by atoms with Gasteiger partial charge in [-0.05, 0) is 59.5 Å². The van der Waals surface area contributed by atoms with E-state index in [4.69, 9.17) is 9.47 Å². The molecule has 0 spiro atoms. The maximum absolute atomic E-state index is 13.4. The molecule has 1 atom stereocenters. The second-order valence-electron chi connectivity index (χ2n) is 10.1. The Morgan fingerprint density at radius 3 is 2.58 bits per heavy atom. The van der Waals surface area contributed by atoms with Crippen LogP contribution in [-0.4, -0.2) is 49.3 Å². The summed E-state index contributed by atoms with van der Waals surface area (Å²) < 4.78 is 26.7. The minimum atomic E-state index is -0.273. The van der Waals surface area contributed by atoms with Gasteiger partial charge in [-0.15, -0.1) is 5.10 Å². The molecule has 2 aliphatic rings. The standard InChI is InChI=1S/C28H31FN6O3/c1-2-24(27-31-32-33-35(27)16-18-7-9-21(29)10-8-18)34(22-5-3-4-6-22)17-20-13-19-14-25-26(38-12-11-37-25)15-23(19)30-28(20)36/h7-10,13-15,22,24H,2-6,11-12,16-17H2,1H3,(H,30,36)/t24-/m0/s1. The molecule has 0 saturated heterocycles. The van der Waals surface area contributed by atoms with Crippen LogP contribution in [0.1, 0.15) is 62.0 Å². The first kappa shape index (κ1) is 24.5. The van der Waals surface area contributed by atoms with Crippen molar-refractivity contribution in [2.45, 2.75) is 64.2 Å². The summed E-state index contributed by atoms with van der Waals surface area (Å²) in [5.41, 5.74) is 2.23. The van der Waals surface area contributed by atoms with E-state index in [1.54, 1.807) is 16.8 Å². The number of fused-ring (bicyclic) bond motifs is 2. The lowest BCUT2D eigenvalue weighted by molar-refractivity contribution is 0.112. The van der Waals surface area contributed by atoms with Crippen molar-refractivity contribution in [2.24, 2.45) is 0 Å². The number of hydrogen-bond donors (Lipinski definition) is 1. The van der Waals surface area contributed by atoms with Gasteiger partial charge >= 0.3 is 0 Å². The van der Waals surface area contributed by atoms with Crippen LogP contribution in [0.4, 0.5) is 4.39 Å². The third-order valence-corrected chi connectivity index (χ3v) is 7.62. The third-order valence-electron chi connectivity index (χ3n) is 7.62. The van der Waals surface area contributed by atoms with E-state index in [2.05, 4.69) is 32.3 Å². The summed E-state index contributed by atoms with van der Waals surface area (Å²) in [5, 5.41) is 13.6. The Hall–Kier alpha value is -3.79. The van der Waals surface area contributed by atoms with Crippen LogP contribution in [0.15, 0.2) is 47.3 Å².